The summed E-state index contributed by atoms with van der Waals surface area (Å²) in [6.07, 6.45) is 4.03. The van der Waals surface area contributed by atoms with Gasteiger partial charge in [-0.2, -0.15) is 5.10 Å². The van der Waals surface area contributed by atoms with Gasteiger partial charge in [-0.1, -0.05) is 0 Å². The Morgan fingerprint density at radius 2 is 1.88 bits per heavy atom. The van der Waals surface area contributed by atoms with Gasteiger partial charge in [0.2, 0.25) is 0 Å². The molecule has 1 N–H and O–H groups in total. The van der Waals surface area contributed by atoms with Crippen molar-refractivity contribution >= 4 is 11.6 Å². The van der Waals surface area contributed by atoms with E-state index in [-0.39, 0.29) is 5.91 Å². The molecule has 0 aliphatic heterocycles. The zero-order valence-electron chi connectivity index (χ0n) is 15.2. The number of aryl methyl sites for hydroxylation is 3. The van der Waals surface area contributed by atoms with Gasteiger partial charge in [0, 0.05) is 23.5 Å². The van der Waals surface area contributed by atoms with Crippen LogP contribution in [0.5, 0.6) is 0 Å². The van der Waals surface area contributed by atoms with Gasteiger partial charge in [0.05, 0.1) is 22.6 Å². The smallest absolute Gasteiger partial charge is 0.259 e. The van der Waals surface area contributed by atoms with Crippen LogP contribution < -0.4 is 5.32 Å². The molecule has 0 bridgehead atoms. The molecule has 0 unspecified atom stereocenters. The van der Waals surface area contributed by atoms with E-state index in [0.717, 1.165) is 17.1 Å². The maximum absolute atomic E-state index is 12.4. The maximum atomic E-state index is 12.4. The first-order chi connectivity index (χ1) is 12.5. The van der Waals surface area contributed by atoms with E-state index in [9.17, 15) is 4.79 Å². The number of aromatic nitrogens is 4. The average Bonchev–Trinajstić information content (AvgIpc) is 3.37. The Morgan fingerprint density at radius 3 is 2.54 bits per heavy atom. The van der Waals surface area contributed by atoms with E-state index in [2.05, 4.69) is 26.4 Å². The third-order valence-corrected chi connectivity index (χ3v) is 4.57. The highest BCUT2D eigenvalue weighted by Gasteiger charge is 2.28. The highest BCUT2D eigenvalue weighted by Crippen LogP contribution is 2.41. The van der Waals surface area contributed by atoms with Gasteiger partial charge in [0.1, 0.15) is 5.82 Å². The monoisotopic (exact) mass is 347 g/mol. The van der Waals surface area contributed by atoms with E-state index >= 15 is 0 Å². The number of carbonyl (C=O) groups is 1. The van der Waals surface area contributed by atoms with Gasteiger partial charge in [-0.25, -0.2) is 14.6 Å². The van der Waals surface area contributed by atoms with Gasteiger partial charge in [-0.3, -0.25) is 4.79 Å². The Morgan fingerprint density at radius 1 is 1.15 bits per heavy atom. The predicted molar refractivity (Wildman–Crippen MR) is 99.7 cm³/mol. The number of nitrogens with one attached hydrogen (secondary N) is 1. The second kappa shape index (κ2) is 6.37. The number of rotatable bonds is 4. The molecule has 1 aliphatic rings. The van der Waals surface area contributed by atoms with E-state index in [4.69, 9.17) is 0 Å². The lowest BCUT2D eigenvalue weighted by atomic mass is 10.2. The normalized spacial score (nSPS) is 13.7. The molecule has 6 heteroatoms. The van der Waals surface area contributed by atoms with Crippen LogP contribution in [0.15, 0.2) is 36.5 Å². The van der Waals surface area contributed by atoms with Crippen LogP contribution in [-0.4, -0.2) is 25.7 Å². The lowest BCUT2D eigenvalue weighted by Gasteiger charge is -2.10. The first-order valence-corrected chi connectivity index (χ1v) is 8.80. The first-order valence-electron chi connectivity index (χ1n) is 8.80. The van der Waals surface area contributed by atoms with Crippen LogP contribution in [0.3, 0.4) is 0 Å². The lowest BCUT2D eigenvalue weighted by molar-refractivity contribution is 0.102. The SMILES string of the molecule is Cc1cc(C2CC2)n(-c2ccc(NC(=O)c3cnc(C)nc3C)cc2)n1. The third kappa shape index (κ3) is 3.22. The van der Waals surface area contributed by atoms with Crippen molar-refractivity contribution in [1.29, 1.82) is 0 Å². The summed E-state index contributed by atoms with van der Waals surface area (Å²) in [4.78, 5) is 20.8. The van der Waals surface area contributed by atoms with Crippen LogP contribution in [0.4, 0.5) is 5.69 Å². The summed E-state index contributed by atoms with van der Waals surface area (Å²) in [6, 6.07) is 9.91. The van der Waals surface area contributed by atoms with Crippen molar-refractivity contribution in [3.8, 4) is 5.69 Å². The fourth-order valence-corrected chi connectivity index (χ4v) is 3.09. The molecular formula is C20H21N5O. The number of hydrogen-bond acceptors (Lipinski definition) is 4. The molecule has 6 nitrogen and oxygen atoms in total. The van der Waals surface area contributed by atoms with Crippen LogP contribution in [0, 0.1) is 20.8 Å². The molecule has 132 valence electrons. The minimum absolute atomic E-state index is 0.205. The van der Waals surface area contributed by atoms with Gasteiger partial charge in [0.25, 0.3) is 5.91 Å². The molecule has 3 aromatic rings. The van der Waals surface area contributed by atoms with Crippen LogP contribution in [0.2, 0.25) is 0 Å². The first kappa shape index (κ1) is 16.4. The van der Waals surface area contributed by atoms with Crippen molar-refractivity contribution < 1.29 is 4.79 Å². The molecule has 1 fully saturated rings. The molecule has 2 aromatic heterocycles. The summed E-state index contributed by atoms with van der Waals surface area (Å²) in [5.41, 5.74) is 5.19. The van der Waals surface area contributed by atoms with Crippen molar-refractivity contribution in [1.82, 2.24) is 19.7 Å². The molecule has 0 atom stereocenters. The van der Waals surface area contributed by atoms with E-state index < -0.39 is 0 Å². The van der Waals surface area contributed by atoms with Crippen molar-refractivity contribution in [2.45, 2.75) is 39.5 Å². The fourth-order valence-electron chi connectivity index (χ4n) is 3.09. The number of hydrogen-bond donors (Lipinski definition) is 1. The second-order valence-electron chi connectivity index (χ2n) is 6.81. The summed E-state index contributed by atoms with van der Waals surface area (Å²) in [5, 5.41) is 7.52. The molecule has 1 saturated carbocycles. The van der Waals surface area contributed by atoms with Crippen molar-refractivity contribution in [2.24, 2.45) is 0 Å². The Kier molecular flexibility index (Phi) is 4.03. The molecule has 4 rings (SSSR count). The molecule has 0 radical (unpaired) electrons. The average molecular weight is 347 g/mol. The number of benzene rings is 1. The minimum Gasteiger partial charge on any atom is -0.322 e. The predicted octanol–water partition coefficient (Wildman–Crippen LogP) is 3.72. The summed E-state index contributed by atoms with van der Waals surface area (Å²) < 4.78 is 2.01. The molecular weight excluding hydrogens is 326 g/mol. The topological polar surface area (TPSA) is 72.7 Å². The summed E-state index contributed by atoms with van der Waals surface area (Å²) >= 11 is 0. The third-order valence-electron chi connectivity index (χ3n) is 4.57. The Bertz CT molecular complexity index is 970. The number of nitrogens with zero attached hydrogens (tertiary/aromatic N) is 4. The van der Waals surface area contributed by atoms with Gasteiger partial charge in [-0.15, -0.1) is 0 Å². The van der Waals surface area contributed by atoms with Gasteiger partial charge < -0.3 is 5.32 Å². The number of anilines is 1. The van der Waals surface area contributed by atoms with Crippen LogP contribution in [-0.2, 0) is 0 Å². The zero-order valence-corrected chi connectivity index (χ0v) is 15.2. The largest absolute Gasteiger partial charge is 0.322 e. The quantitative estimate of drug-likeness (QED) is 0.781. The Balaban J connectivity index is 1.54. The molecule has 1 amide bonds. The molecule has 0 saturated heterocycles. The van der Waals surface area contributed by atoms with Gasteiger partial charge in [0.15, 0.2) is 0 Å². The molecule has 1 aliphatic carbocycles. The standard InChI is InChI=1S/C20H21N5O/c1-12-10-19(15-4-5-15)25(24-12)17-8-6-16(7-9-17)23-20(26)18-11-21-14(3)22-13(18)2/h6-11,15H,4-5H2,1-3H3,(H,23,26). The maximum Gasteiger partial charge on any atom is 0.259 e. The Labute approximate surface area is 152 Å². The van der Waals surface area contributed by atoms with Crippen LogP contribution in [0.25, 0.3) is 5.69 Å². The zero-order chi connectivity index (χ0) is 18.3. The lowest BCUT2D eigenvalue weighted by Crippen LogP contribution is -2.15. The van der Waals surface area contributed by atoms with Gasteiger partial charge >= 0.3 is 0 Å². The molecule has 0 spiro atoms. The number of carbonyl (C=O) groups excluding carboxylic acids is 1. The van der Waals surface area contributed by atoms with E-state index in [1.807, 2.05) is 42.8 Å². The summed E-state index contributed by atoms with van der Waals surface area (Å²) in [5.74, 6) is 1.08. The van der Waals surface area contributed by atoms with Crippen molar-refractivity contribution in [3.63, 3.8) is 0 Å². The number of amides is 1. The van der Waals surface area contributed by atoms with Crippen molar-refractivity contribution in [3.05, 3.63) is 65.0 Å². The molecule has 2 heterocycles. The van der Waals surface area contributed by atoms with Crippen LogP contribution >= 0.6 is 0 Å². The summed E-state index contributed by atoms with van der Waals surface area (Å²) in [6.45, 7) is 5.63. The molecule has 26 heavy (non-hydrogen) atoms. The summed E-state index contributed by atoms with van der Waals surface area (Å²) in [7, 11) is 0. The van der Waals surface area contributed by atoms with Gasteiger partial charge in [-0.05, 0) is 63.9 Å². The Hall–Kier alpha value is -3.02. The minimum atomic E-state index is -0.205. The highest BCUT2D eigenvalue weighted by atomic mass is 16.1. The van der Waals surface area contributed by atoms with E-state index in [1.165, 1.54) is 18.5 Å². The fraction of sp³-hybridized carbons (Fsp3) is 0.300. The second-order valence-corrected chi connectivity index (χ2v) is 6.81. The van der Waals surface area contributed by atoms with E-state index in [0.29, 0.717) is 23.0 Å². The molecule has 1 aromatic carbocycles. The van der Waals surface area contributed by atoms with Crippen LogP contribution in [0.1, 0.15) is 52.0 Å². The highest BCUT2D eigenvalue weighted by molar-refractivity contribution is 6.04. The van der Waals surface area contributed by atoms with E-state index in [1.54, 1.807) is 13.1 Å². The van der Waals surface area contributed by atoms with Crippen molar-refractivity contribution in [2.75, 3.05) is 5.32 Å².